The van der Waals surface area contributed by atoms with Gasteiger partial charge in [-0.25, -0.2) is 9.78 Å². The molecule has 14 nitrogen and oxygen atoms in total. The number of aliphatic hydroxyl groups is 1. The fraction of sp³-hybridized carbons (Fsp3) is 0.213. The number of cyclic esters (lactones) is 1. The number of urea groups is 1. The third kappa shape index (κ3) is 6.99. The number of esters is 1. The molecule has 9 rings (SSSR count). The first-order chi connectivity index (χ1) is 29.8. The number of hydrogen-bond acceptors (Lipinski definition) is 9. The van der Waals surface area contributed by atoms with Crippen LogP contribution < -0.4 is 26.4 Å². The van der Waals surface area contributed by atoms with Crippen LogP contribution in [0.5, 0.6) is 5.75 Å². The summed E-state index contributed by atoms with van der Waals surface area (Å²) in [6.07, 6.45) is -0.850. The number of aliphatic hydroxyl groups excluding tert-OH is 1. The van der Waals surface area contributed by atoms with Gasteiger partial charge in [-0.3, -0.25) is 19.3 Å². The number of fused-ring (bicyclic) bond motifs is 4. The van der Waals surface area contributed by atoms with Crippen molar-refractivity contribution in [2.24, 2.45) is 11.7 Å². The van der Waals surface area contributed by atoms with Crippen LogP contribution in [0, 0.1) is 17.8 Å². The van der Waals surface area contributed by atoms with E-state index < -0.39 is 59.4 Å². The number of hydrogen-bond donors (Lipinski definition) is 6. The van der Waals surface area contributed by atoms with Gasteiger partial charge in [-0.15, -0.1) is 0 Å². The Balaban J connectivity index is 1.28. The summed E-state index contributed by atoms with van der Waals surface area (Å²) < 4.78 is 12.4. The molecule has 0 aliphatic carbocycles. The number of benzene rings is 5. The molecule has 0 unspecified atom stereocenters. The van der Waals surface area contributed by atoms with E-state index in [4.69, 9.17) is 15.2 Å². The molecule has 3 aliphatic rings. The first-order valence-electron chi connectivity index (χ1n) is 19.9. The van der Waals surface area contributed by atoms with Gasteiger partial charge in [0.1, 0.15) is 35.7 Å². The highest BCUT2D eigenvalue weighted by molar-refractivity contribution is 6.12. The molecule has 4 heterocycles. The fourth-order valence-corrected chi connectivity index (χ4v) is 9.26. The second-order valence-corrected chi connectivity index (χ2v) is 15.1. The van der Waals surface area contributed by atoms with Crippen molar-refractivity contribution < 1.29 is 33.8 Å². The molecule has 0 radical (unpaired) electrons. The quantitative estimate of drug-likeness (QED) is 0.0849. The van der Waals surface area contributed by atoms with Crippen molar-refractivity contribution in [3.8, 4) is 17.6 Å². The Morgan fingerprint density at radius 1 is 0.869 bits per heavy atom. The minimum atomic E-state index is -1.78. The van der Waals surface area contributed by atoms with Gasteiger partial charge in [-0.05, 0) is 64.7 Å². The molecule has 2 saturated heterocycles. The molecule has 4 amide bonds. The van der Waals surface area contributed by atoms with Crippen molar-refractivity contribution in [1.29, 1.82) is 0 Å². The summed E-state index contributed by atoms with van der Waals surface area (Å²) in [4.78, 5) is 67.2. The zero-order valence-corrected chi connectivity index (χ0v) is 32.7. The number of nitrogens with one attached hydrogen (secondary N) is 4. The van der Waals surface area contributed by atoms with E-state index >= 15 is 14.4 Å². The average Bonchev–Trinajstić information content (AvgIpc) is 3.94. The Labute approximate surface area is 350 Å². The minimum Gasteiger partial charge on any atom is -0.491 e. The Hall–Kier alpha value is -7.47. The Morgan fingerprint density at radius 3 is 2.36 bits per heavy atom. The number of aromatic amines is 1. The van der Waals surface area contributed by atoms with Crippen molar-refractivity contribution in [2.45, 2.75) is 36.2 Å². The van der Waals surface area contributed by atoms with Gasteiger partial charge in [0.15, 0.2) is 0 Å². The van der Waals surface area contributed by atoms with E-state index in [0.29, 0.717) is 34.0 Å². The van der Waals surface area contributed by atoms with Crippen LogP contribution in [0.4, 0.5) is 10.5 Å². The van der Waals surface area contributed by atoms with Crippen LogP contribution >= 0.6 is 0 Å². The Morgan fingerprint density at radius 2 is 1.61 bits per heavy atom. The summed E-state index contributed by atoms with van der Waals surface area (Å²) in [6.45, 7) is -0.261. The molecule has 1 spiro atoms. The molecule has 306 valence electrons. The van der Waals surface area contributed by atoms with Gasteiger partial charge in [0.25, 0.3) is 0 Å². The summed E-state index contributed by atoms with van der Waals surface area (Å²) in [5.41, 5.74) is 8.50. The molecular weight excluding hydrogens is 775 g/mol. The number of para-hydroxylation sites is 2. The van der Waals surface area contributed by atoms with E-state index in [1.165, 1.54) is 0 Å². The first kappa shape index (κ1) is 39.0. The van der Waals surface area contributed by atoms with Crippen molar-refractivity contribution >= 4 is 40.5 Å². The van der Waals surface area contributed by atoms with E-state index in [0.717, 1.165) is 22.2 Å². The lowest BCUT2D eigenvalue weighted by atomic mass is 9.65. The van der Waals surface area contributed by atoms with E-state index in [1.807, 2.05) is 95.9 Å². The van der Waals surface area contributed by atoms with Crippen LogP contribution in [-0.4, -0.2) is 69.6 Å². The number of imidazole rings is 1. The van der Waals surface area contributed by atoms with Crippen molar-refractivity contribution in [3.05, 3.63) is 161 Å². The number of ether oxygens (including phenoxy) is 2. The number of aromatic nitrogens is 2. The van der Waals surface area contributed by atoms with Gasteiger partial charge < -0.3 is 41.2 Å². The number of morpholine rings is 1. The molecule has 6 aromatic rings. The van der Waals surface area contributed by atoms with Gasteiger partial charge in [-0.2, -0.15) is 0 Å². The van der Waals surface area contributed by atoms with Crippen LogP contribution in [0.25, 0.3) is 11.0 Å². The summed E-state index contributed by atoms with van der Waals surface area (Å²) in [7, 11) is 0. The summed E-state index contributed by atoms with van der Waals surface area (Å²) in [5, 5.41) is 18.3. The normalized spacial score (nSPS) is 22.7. The van der Waals surface area contributed by atoms with Crippen molar-refractivity contribution in [1.82, 2.24) is 25.5 Å². The molecule has 0 saturated carbocycles. The average molecular weight is 816 g/mol. The SMILES string of the molecule is NC(=O)NCC#Cc1ccc2c(c1)[C@]1(C(=O)N2)[C@H](c2cccc(OCCO)c2)N2[C@H](c3ccccc3)[C@H](c3ccccc3)OC(=O)[C@H]2[C@@H]1C(=O)NCc1nc2ccccc2[nH]1. The van der Waals surface area contributed by atoms with Gasteiger partial charge in [0.05, 0.1) is 48.7 Å². The summed E-state index contributed by atoms with van der Waals surface area (Å²) in [5.74, 6) is 3.75. The van der Waals surface area contributed by atoms with Gasteiger partial charge in [-0.1, -0.05) is 96.8 Å². The maximum absolute atomic E-state index is 15.4. The molecular formula is C47H41N7O7. The number of primary amides is 1. The molecule has 14 heteroatoms. The lowest BCUT2D eigenvalue weighted by Crippen LogP contribution is -2.54. The number of anilines is 1. The number of nitrogens with zero attached hydrogens (tertiary/aromatic N) is 2. The highest BCUT2D eigenvalue weighted by Gasteiger charge is 2.74. The smallest absolute Gasteiger partial charge is 0.324 e. The molecule has 1 aromatic heterocycles. The minimum absolute atomic E-state index is 0.0173. The van der Waals surface area contributed by atoms with E-state index in [9.17, 15) is 9.90 Å². The molecule has 6 atom stereocenters. The van der Waals surface area contributed by atoms with Crippen LogP contribution in [0.1, 0.15) is 51.8 Å². The van der Waals surface area contributed by atoms with E-state index in [-0.39, 0.29) is 26.3 Å². The standard InChI is InChI=1S/C47H41N7O7/c48-46(59)49-22-10-11-28-20-21-34-33(25-28)47(45(58)53-34)38(43(56)50-27-37-51-35-18-7-8-19-36(35)52-37)40-44(57)61-41(30-14-5-2-6-15-30)39(29-12-3-1-4-13-29)54(40)42(47)31-16-9-17-32(26-31)60-24-23-55/h1-9,12-21,25-26,38-42,55H,22-24,27H2,(H,50,56)(H,51,52)(H,53,58)(H3,48,49,59)/t38-,39-,40-,41+,42+,47-/m1/s1. The first-order valence-corrected chi connectivity index (χ1v) is 19.9. The second kappa shape index (κ2) is 16.3. The number of rotatable bonds is 10. The largest absolute Gasteiger partial charge is 0.491 e. The zero-order valence-electron chi connectivity index (χ0n) is 32.7. The monoisotopic (exact) mass is 815 g/mol. The highest BCUT2D eigenvalue weighted by atomic mass is 16.6. The van der Waals surface area contributed by atoms with Crippen LogP contribution in [0.15, 0.2) is 127 Å². The molecule has 61 heavy (non-hydrogen) atoms. The number of carbonyl (C=O) groups excluding carboxylic acids is 4. The topological polar surface area (TPSA) is 201 Å². The molecule has 5 aromatic carbocycles. The predicted octanol–water partition coefficient (Wildman–Crippen LogP) is 4.54. The van der Waals surface area contributed by atoms with Crippen LogP contribution in [-0.2, 0) is 31.1 Å². The Bertz CT molecular complexity index is 2680. The molecule has 2 fully saturated rings. The molecule has 3 aliphatic heterocycles. The fourth-order valence-electron chi connectivity index (χ4n) is 9.26. The van der Waals surface area contributed by atoms with Crippen LogP contribution in [0.3, 0.4) is 0 Å². The lowest BCUT2D eigenvalue weighted by Gasteiger charge is -2.46. The van der Waals surface area contributed by atoms with E-state index in [2.05, 4.69) is 37.8 Å². The maximum atomic E-state index is 15.4. The van der Waals surface area contributed by atoms with Crippen molar-refractivity contribution in [2.75, 3.05) is 25.1 Å². The number of amides is 4. The lowest BCUT2D eigenvalue weighted by molar-refractivity contribution is -0.178. The second-order valence-electron chi connectivity index (χ2n) is 15.1. The maximum Gasteiger partial charge on any atom is 0.324 e. The van der Waals surface area contributed by atoms with Gasteiger partial charge in [0, 0.05) is 11.3 Å². The number of H-pyrrole nitrogens is 1. The summed E-state index contributed by atoms with van der Waals surface area (Å²) in [6, 6.07) is 35.2. The molecule has 0 bridgehead atoms. The highest BCUT2D eigenvalue weighted by Crippen LogP contribution is 2.65. The molecule has 7 N–H and O–H groups in total. The zero-order chi connectivity index (χ0) is 42.1. The van der Waals surface area contributed by atoms with Crippen molar-refractivity contribution in [3.63, 3.8) is 0 Å². The predicted molar refractivity (Wildman–Crippen MR) is 224 cm³/mol. The summed E-state index contributed by atoms with van der Waals surface area (Å²) >= 11 is 0. The Kier molecular flexibility index (Phi) is 10.4. The number of carbonyl (C=O) groups is 4. The number of nitrogens with two attached hydrogens (primary N) is 1. The van der Waals surface area contributed by atoms with Gasteiger partial charge in [0.2, 0.25) is 11.8 Å². The van der Waals surface area contributed by atoms with E-state index in [1.54, 1.807) is 36.4 Å². The third-order valence-corrected chi connectivity index (χ3v) is 11.6. The van der Waals surface area contributed by atoms with Crippen LogP contribution in [0.2, 0.25) is 0 Å². The van der Waals surface area contributed by atoms with Gasteiger partial charge >= 0.3 is 12.0 Å². The third-order valence-electron chi connectivity index (χ3n) is 11.6.